The van der Waals surface area contributed by atoms with Gasteiger partial charge in [-0.25, -0.2) is 0 Å². The number of hydrogen-bond acceptors (Lipinski definition) is 3. The fraction of sp³-hybridized carbons (Fsp3) is 0. The van der Waals surface area contributed by atoms with Crippen molar-refractivity contribution in [1.29, 1.82) is 0 Å². The first-order chi connectivity index (χ1) is 32.7. The zero-order chi connectivity index (χ0) is 44.0. The van der Waals surface area contributed by atoms with Crippen LogP contribution < -0.4 is 4.74 Å². The van der Waals surface area contributed by atoms with Gasteiger partial charge in [-0.15, -0.1) is 0 Å². The molecule has 0 bridgehead atoms. The van der Waals surface area contributed by atoms with Gasteiger partial charge < -0.3 is 0 Å². The van der Waals surface area contributed by atoms with Gasteiger partial charge >= 0.3 is 294 Å². The summed E-state index contributed by atoms with van der Waals surface area (Å²) in [6, 6.07) is 76.6. The van der Waals surface area contributed by atoms with Gasteiger partial charge in [-0.1, -0.05) is 42.5 Å². The van der Waals surface area contributed by atoms with E-state index >= 15 is 0 Å². The van der Waals surface area contributed by atoms with Gasteiger partial charge in [0, 0.05) is 24.2 Å². The maximum atomic E-state index is 6.84. The average Bonchev–Trinajstić information content (AvgIpc) is 3.87. The summed E-state index contributed by atoms with van der Waals surface area (Å²) in [7, 11) is 0. The van der Waals surface area contributed by atoms with Gasteiger partial charge in [0.2, 0.25) is 0 Å². The van der Waals surface area contributed by atoms with Crippen LogP contribution in [0.3, 0.4) is 0 Å². The van der Waals surface area contributed by atoms with E-state index in [0.717, 1.165) is 110 Å². The fourth-order valence-electron chi connectivity index (χ4n) is 9.32. The number of aromatic nitrogens is 5. The van der Waals surface area contributed by atoms with E-state index in [9.17, 15) is 0 Å². The molecule has 0 saturated heterocycles. The molecule has 0 fully saturated rings. The Labute approximate surface area is 392 Å². The van der Waals surface area contributed by atoms with Crippen LogP contribution in [0.5, 0.6) is 11.5 Å². The van der Waals surface area contributed by atoms with Crippen molar-refractivity contribution >= 4 is 32.8 Å². The number of para-hydroxylation sites is 4. The molecule has 8 aromatic carbocycles. The minimum atomic E-state index is 0.729. The second-order valence-corrected chi connectivity index (χ2v) is 17.2. The fourth-order valence-corrected chi connectivity index (χ4v) is 10.4. The molecular weight excluding hydrogens is 990 g/mol. The van der Waals surface area contributed by atoms with Crippen molar-refractivity contribution in [3.8, 4) is 73.2 Å². The molecule has 0 radical (unpaired) electrons. The van der Waals surface area contributed by atoms with Gasteiger partial charge in [0.25, 0.3) is 0 Å². The minimum absolute atomic E-state index is 0.729. The molecule has 0 aliphatic carbocycles. The zero-order valence-corrected chi connectivity index (χ0v) is 37.7. The summed E-state index contributed by atoms with van der Waals surface area (Å²) in [6.45, 7) is 0. The average molecular weight is 1030 g/mol. The molecule has 66 heavy (non-hydrogen) atoms. The van der Waals surface area contributed by atoms with Crippen LogP contribution in [0, 0.1) is 3.80 Å². The Morgan fingerprint density at radius 3 is 1.61 bits per heavy atom. The Morgan fingerprint density at radius 1 is 0.379 bits per heavy atom. The molecule has 0 aliphatic heterocycles. The number of benzene rings is 8. The molecule has 0 amide bonds. The predicted octanol–water partition coefficient (Wildman–Crippen LogP) is 14.8. The Hall–Kier alpha value is -8.18. The number of pyridine rings is 2. The summed E-state index contributed by atoms with van der Waals surface area (Å²) in [5.74, 6) is 2.28. The molecule has 0 saturated carbocycles. The second kappa shape index (κ2) is 16.7. The molecule has 12 rings (SSSR count). The van der Waals surface area contributed by atoms with E-state index < -0.39 is 0 Å². The topological polar surface area (TPSA) is 49.8 Å². The van der Waals surface area contributed by atoms with E-state index in [4.69, 9.17) is 9.72 Å². The van der Waals surface area contributed by atoms with E-state index in [0.29, 0.717) is 0 Å². The molecule has 4 aromatic heterocycles. The van der Waals surface area contributed by atoms with Gasteiger partial charge in [-0.2, -0.15) is 0 Å². The molecule has 0 spiro atoms. The molecule has 316 valence electrons. The first-order valence-electron chi connectivity index (χ1n) is 21.9. The maximum absolute atomic E-state index is 6.84. The summed E-state index contributed by atoms with van der Waals surface area (Å²) in [4.78, 5) is 9.41. The molecule has 7 heteroatoms. The number of imidazole rings is 1. The van der Waals surface area contributed by atoms with Crippen molar-refractivity contribution in [1.82, 2.24) is 23.7 Å². The van der Waals surface area contributed by atoms with Crippen molar-refractivity contribution in [3.63, 3.8) is 0 Å². The molecule has 4 heterocycles. The normalized spacial score (nSPS) is 11.4. The monoisotopic (exact) mass is 1030 g/mol. The SMILES string of the molecule is [Pt]=[c]1n(-c2cccc(Oc3ccc4c5ccccc5n(-c5cc(-c6ccccc6)c(-c6ccncc6)cn5)c4c3)c2)c2ccccc2n1-c1c(-c2ccccc2)cccc1-c1ccccc1. The second-order valence-electron chi connectivity index (χ2n) is 16.2. The molecule has 0 aliphatic rings. The zero-order valence-electron chi connectivity index (χ0n) is 35.5. The quantitative estimate of drug-likeness (QED) is 0.145. The Bertz CT molecular complexity index is 3750. The Morgan fingerprint density at radius 2 is 0.924 bits per heavy atom. The van der Waals surface area contributed by atoms with Crippen LogP contribution >= 0.6 is 0 Å². The van der Waals surface area contributed by atoms with Crippen LogP contribution in [0.4, 0.5) is 0 Å². The van der Waals surface area contributed by atoms with Crippen molar-refractivity contribution < 1.29 is 24.1 Å². The third-order valence-electron chi connectivity index (χ3n) is 12.3. The number of hydrogen-bond donors (Lipinski definition) is 0. The molecule has 0 N–H and O–H groups in total. The molecule has 12 aromatic rings. The summed E-state index contributed by atoms with van der Waals surface area (Å²) >= 11 is 2.50. The van der Waals surface area contributed by atoms with Gasteiger partial charge in [0.15, 0.2) is 0 Å². The van der Waals surface area contributed by atoms with E-state index in [1.54, 1.807) is 0 Å². The number of ether oxygens (including phenoxy) is 1. The summed E-state index contributed by atoms with van der Waals surface area (Å²) in [5, 5.41) is 2.27. The third kappa shape index (κ3) is 6.91. The van der Waals surface area contributed by atoms with Crippen molar-refractivity contribution in [2.75, 3.05) is 0 Å². The van der Waals surface area contributed by atoms with Crippen LogP contribution in [-0.2, 0) is 19.4 Å². The summed E-state index contributed by atoms with van der Waals surface area (Å²) in [6.07, 6.45) is 5.64. The summed E-state index contributed by atoms with van der Waals surface area (Å²) < 4.78 is 14.9. The van der Waals surface area contributed by atoms with Crippen molar-refractivity contribution in [2.24, 2.45) is 0 Å². The predicted molar refractivity (Wildman–Crippen MR) is 264 cm³/mol. The molecule has 6 nitrogen and oxygen atoms in total. The number of rotatable bonds is 9. The molecular formula is C59H39N5OPt. The molecule has 0 unspecified atom stereocenters. The van der Waals surface area contributed by atoms with Gasteiger partial charge in [-0.05, 0) is 28.8 Å². The van der Waals surface area contributed by atoms with Crippen LogP contribution in [0.1, 0.15) is 0 Å². The van der Waals surface area contributed by atoms with E-state index in [2.05, 4.69) is 232 Å². The van der Waals surface area contributed by atoms with E-state index in [1.807, 2.05) is 42.9 Å². The van der Waals surface area contributed by atoms with Crippen molar-refractivity contribution in [3.05, 3.63) is 241 Å². The third-order valence-corrected chi connectivity index (χ3v) is 13.3. The standard InChI is InChI=1S/C59H39N5O.Pt/c1-4-16-41(17-5-1)48-25-15-26-49(42-18-6-2-7-19-42)59(48)63-40-62(55-28-12-13-29-56(55)63)45-22-14-23-46(36-45)65-47-30-31-51-50-24-10-11-27-54(50)64(57(51)37-47)58-38-52(43-20-8-3-9-21-43)53(39-61-58)44-32-34-60-35-33-44;/h1-39H;. The van der Waals surface area contributed by atoms with Crippen LogP contribution in [0.2, 0.25) is 0 Å². The number of nitrogens with zero attached hydrogens (tertiary/aromatic N) is 5. The van der Waals surface area contributed by atoms with E-state index in [1.165, 1.54) is 0 Å². The molecule has 0 atom stereocenters. The van der Waals surface area contributed by atoms with E-state index in [-0.39, 0.29) is 0 Å². The van der Waals surface area contributed by atoms with Gasteiger partial charge in [0.05, 0.1) is 0 Å². The number of fused-ring (bicyclic) bond motifs is 4. The Balaban J connectivity index is 0.978. The first-order valence-corrected chi connectivity index (χ1v) is 23.0. The van der Waals surface area contributed by atoms with Crippen LogP contribution in [0.25, 0.3) is 94.5 Å². The first kappa shape index (κ1) is 39.4. The van der Waals surface area contributed by atoms with Crippen LogP contribution in [0.15, 0.2) is 237 Å². The van der Waals surface area contributed by atoms with Crippen LogP contribution in [-0.4, -0.2) is 23.7 Å². The van der Waals surface area contributed by atoms with Crippen molar-refractivity contribution in [2.45, 2.75) is 0 Å². The summed E-state index contributed by atoms with van der Waals surface area (Å²) in [5.41, 5.74) is 15.3. The van der Waals surface area contributed by atoms with Gasteiger partial charge in [-0.3, -0.25) is 4.98 Å². The Kier molecular flexibility index (Phi) is 10.00. The van der Waals surface area contributed by atoms with Gasteiger partial charge in [0.1, 0.15) is 0 Å².